The molecule has 3 rings (SSSR count). The zero-order valence-electron chi connectivity index (χ0n) is 16.1. The smallest absolute Gasteiger partial charge is 0.410 e. The van der Waals surface area contributed by atoms with E-state index in [4.69, 9.17) is 4.74 Å². The molecule has 0 aliphatic carbocycles. The van der Waals surface area contributed by atoms with E-state index < -0.39 is 0 Å². The lowest BCUT2D eigenvalue weighted by molar-refractivity contribution is 0.0808. The number of aromatic nitrogens is 2. The highest BCUT2D eigenvalue weighted by atomic mass is 32.2. The maximum Gasteiger partial charge on any atom is 0.410 e. The highest BCUT2D eigenvalue weighted by molar-refractivity contribution is 7.98. The highest BCUT2D eigenvalue weighted by Gasteiger charge is 2.25. The van der Waals surface area contributed by atoms with E-state index in [0.717, 1.165) is 5.56 Å². The average Bonchev–Trinajstić information content (AvgIpc) is 2.73. The van der Waals surface area contributed by atoms with Crippen molar-refractivity contribution in [3.05, 3.63) is 53.3 Å². The second kappa shape index (κ2) is 9.54. The number of aryl methyl sites for hydroxylation is 1. The number of carbonyl (C=O) groups is 2. The molecule has 0 spiro atoms. The van der Waals surface area contributed by atoms with Crippen LogP contribution in [-0.2, 0) is 11.3 Å². The third kappa shape index (κ3) is 5.22. The lowest BCUT2D eigenvalue weighted by atomic mass is 10.0. The van der Waals surface area contributed by atoms with E-state index >= 15 is 0 Å². The Labute approximate surface area is 168 Å². The van der Waals surface area contributed by atoms with Crippen LogP contribution in [0.5, 0.6) is 0 Å². The molecule has 7 nitrogen and oxygen atoms in total. The standard InChI is InChI=1S/C20H24N4O3S/c1-14-17(12-21-19(22-14)28-2)18(25)23-16-8-10-24(11-9-16)20(26)27-13-15-6-4-3-5-7-15/h3-7,12,16H,8-11,13H2,1-2H3,(H,23,25). The van der Waals surface area contributed by atoms with Crippen LogP contribution in [-0.4, -0.2) is 52.3 Å². The number of hydrogen-bond acceptors (Lipinski definition) is 6. The lowest BCUT2D eigenvalue weighted by Gasteiger charge is -2.31. The Morgan fingerprint density at radius 3 is 2.61 bits per heavy atom. The molecule has 1 aromatic carbocycles. The summed E-state index contributed by atoms with van der Waals surface area (Å²) in [6, 6.07) is 9.62. The van der Waals surface area contributed by atoms with Crippen molar-refractivity contribution in [2.24, 2.45) is 0 Å². The maximum absolute atomic E-state index is 12.5. The molecule has 1 aromatic heterocycles. The van der Waals surface area contributed by atoms with Crippen LogP contribution in [0.3, 0.4) is 0 Å². The number of ether oxygens (including phenoxy) is 1. The van der Waals surface area contributed by atoms with Crippen LogP contribution in [0.1, 0.15) is 34.5 Å². The Morgan fingerprint density at radius 2 is 1.96 bits per heavy atom. The van der Waals surface area contributed by atoms with Gasteiger partial charge in [-0.05, 0) is 31.6 Å². The van der Waals surface area contributed by atoms with Crippen molar-refractivity contribution in [2.45, 2.75) is 37.6 Å². The zero-order chi connectivity index (χ0) is 19.9. The van der Waals surface area contributed by atoms with Crippen LogP contribution in [0.15, 0.2) is 41.7 Å². The molecule has 0 saturated carbocycles. The largest absolute Gasteiger partial charge is 0.445 e. The molecular weight excluding hydrogens is 376 g/mol. The van der Waals surface area contributed by atoms with Crippen molar-refractivity contribution < 1.29 is 14.3 Å². The van der Waals surface area contributed by atoms with Gasteiger partial charge >= 0.3 is 6.09 Å². The van der Waals surface area contributed by atoms with E-state index in [0.29, 0.717) is 42.3 Å². The van der Waals surface area contributed by atoms with E-state index in [1.807, 2.05) is 43.5 Å². The summed E-state index contributed by atoms with van der Waals surface area (Å²) in [5, 5.41) is 3.68. The molecule has 0 unspecified atom stereocenters. The minimum absolute atomic E-state index is 0.0188. The second-order valence-corrected chi connectivity index (χ2v) is 7.40. The van der Waals surface area contributed by atoms with E-state index in [1.165, 1.54) is 11.8 Å². The minimum Gasteiger partial charge on any atom is -0.445 e. The Kier molecular flexibility index (Phi) is 6.86. The quantitative estimate of drug-likeness (QED) is 0.613. The third-order valence-corrected chi connectivity index (χ3v) is 5.24. The molecule has 28 heavy (non-hydrogen) atoms. The van der Waals surface area contributed by atoms with Gasteiger partial charge in [-0.1, -0.05) is 42.1 Å². The topological polar surface area (TPSA) is 84.4 Å². The Bertz CT molecular complexity index is 823. The van der Waals surface area contributed by atoms with Crippen molar-refractivity contribution in [3.8, 4) is 0 Å². The monoisotopic (exact) mass is 400 g/mol. The van der Waals surface area contributed by atoms with Gasteiger partial charge in [0.25, 0.3) is 5.91 Å². The number of thioether (sulfide) groups is 1. The van der Waals surface area contributed by atoms with E-state index in [9.17, 15) is 9.59 Å². The Balaban J connectivity index is 1.46. The van der Waals surface area contributed by atoms with Crippen LogP contribution < -0.4 is 5.32 Å². The van der Waals surface area contributed by atoms with Crippen molar-refractivity contribution in [2.75, 3.05) is 19.3 Å². The number of amides is 2. The highest BCUT2D eigenvalue weighted by Crippen LogP contribution is 2.15. The third-order valence-electron chi connectivity index (χ3n) is 4.68. The molecule has 0 radical (unpaired) electrons. The molecule has 1 aliphatic heterocycles. The average molecular weight is 401 g/mol. The summed E-state index contributed by atoms with van der Waals surface area (Å²) in [6.45, 7) is 3.18. The van der Waals surface area contributed by atoms with E-state index in [-0.39, 0.29) is 24.6 Å². The molecule has 1 fully saturated rings. The molecule has 0 bridgehead atoms. The molecule has 1 N–H and O–H groups in total. The molecule has 1 aliphatic rings. The van der Waals surface area contributed by atoms with Crippen molar-refractivity contribution in [1.29, 1.82) is 0 Å². The number of rotatable bonds is 5. The molecular formula is C20H24N4O3S. The van der Waals surface area contributed by atoms with Gasteiger partial charge in [-0.2, -0.15) is 0 Å². The van der Waals surface area contributed by atoms with Gasteiger partial charge in [0.05, 0.1) is 11.3 Å². The van der Waals surface area contributed by atoms with E-state index in [1.54, 1.807) is 11.1 Å². The minimum atomic E-state index is -0.314. The van der Waals surface area contributed by atoms with Gasteiger partial charge in [0, 0.05) is 25.3 Å². The van der Waals surface area contributed by atoms with Crippen molar-refractivity contribution in [1.82, 2.24) is 20.2 Å². The van der Waals surface area contributed by atoms with Gasteiger partial charge in [0.15, 0.2) is 5.16 Å². The number of carbonyl (C=O) groups excluding carboxylic acids is 2. The molecule has 2 aromatic rings. The summed E-state index contributed by atoms with van der Waals surface area (Å²) in [5.74, 6) is -0.171. The van der Waals surface area contributed by atoms with Crippen molar-refractivity contribution >= 4 is 23.8 Å². The fourth-order valence-corrected chi connectivity index (χ4v) is 3.43. The Morgan fingerprint density at radius 1 is 1.25 bits per heavy atom. The molecule has 0 atom stereocenters. The lowest BCUT2D eigenvalue weighted by Crippen LogP contribution is -2.46. The second-order valence-electron chi connectivity index (χ2n) is 6.63. The predicted octanol–water partition coefficient (Wildman–Crippen LogP) is 3.04. The summed E-state index contributed by atoms with van der Waals surface area (Å²) >= 11 is 1.44. The number of piperidine rings is 1. The van der Waals surface area contributed by atoms with Gasteiger partial charge in [-0.25, -0.2) is 14.8 Å². The van der Waals surface area contributed by atoms with Gasteiger partial charge in [0.1, 0.15) is 6.61 Å². The van der Waals surface area contributed by atoms with Crippen LogP contribution in [0, 0.1) is 6.92 Å². The number of nitrogens with one attached hydrogen (secondary N) is 1. The number of benzene rings is 1. The maximum atomic E-state index is 12.5. The van der Waals surface area contributed by atoms with Crippen LogP contribution in [0.25, 0.3) is 0 Å². The first-order chi connectivity index (χ1) is 13.6. The predicted molar refractivity (Wildman–Crippen MR) is 107 cm³/mol. The molecule has 1 saturated heterocycles. The summed E-state index contributed by atoms with van der Waals surface area (Å²) in [7, 11) is 0. The van der Waals surface area contributed by atoms with Crippen molar-refractivity contribution in [3.63, 3.8) is 0 Å². The molecule has 148 valence electrons. The van der Waals surface area contributed by atoms with Gasteiger partial charge in [-0.15, -0.1) is 0 Å². The number of hydrogen-bond donors (Lipinski definition) is 1. The summed E-state index contributed by atoms with van der Waals surface area (Å²) in [4.78, 5) is 34.9. The SMILES string of the molecule is CSc1ncc(C(=O)NC2CCN(C(=O)OCc3ccccc3)CC2)c(C)n1. The van der Waals surface area contributed by atoms with Crippen LogP contribution in [0.4, 0.5) is 4.79 Å². The first kappa shape index (κ1) is 20.1. The zero-order valence-corrected chi connectivity index (χ0v) is 16.9. The van der Waals surface area contributed by atoms with Gasteiger partial charge in [-0.3, -0.25) is 4.79 Å². The summed E-state index contributed by atoms with van der Waals surface area (Å²) < 4.78 is 5.37. The molecule has 2 amide bonds. The van der Waals surface area contributed by atoms with Crippen LogP contribution >= 0.6 is 11.8 Å². The Hall–Kier alpha value is -2.61. The normalized spacial score (nSPS) is 14.6. The fraction of sp³-hybridized carbons (Fsp3) is 0.400. The first-order valence-electron chi connectivity index (χ1n) is 9.21. The van der Waals surface area contributed by atoms with Gasteiger partial charge in [0.2, 0.25) is 0 Å². The van der Waals surface area contributed by atoms with Gasteiger partial charge < -0.3 is 15.0 Å². The van der Waals surface area contributed by atoms with Crippen LogP contribution in [0.2, 0.25) is 0 Å². The molecule has 2 heterocycles. The fourth-order valence-electron chi connectivity index (χ4n) is 3.05. The summed E-state index contributed by atoms with van der Waals surface area (Å²) in [6.07, 6.45) is 4.53. The number of likely N-dealkylation sites (tertiary alicyclic amines) is 1. The number of nitrogens with zero attached hydrogens (tertiary/aromatic N) is 3. The molecule has 8 heteroatoms. The summed E-state index contributed by atoms with van der Waals surface area (Å²) in [5.41, 5.74) is 2.12. The van der Waals surface area contributed by atoms with E-state index in [2.05, 4.69) is 15.3 Å². The first-order valence-corrected chi connectivity index (χ1v) is 10.4.